The summed E-state index contributed by atoms with van der Waals surface area (Å²) < 4.78 is 5.02. The highest BCUT2D eigenvalue weighted by Crippen LogP contribution is 2.15. The molecule has 0 spiro atoms. The van der Waals surface area contributed by atoms with Gasteiger partial charge in [0.1, 0.15) is 6.54 Å². The van der Waals surface area contributed by atoms with Gasteiger partial charge in [-0.05, 0) is 38.1 Å². The molecule has 1 N–H and O–H groups in total. The molecule has 0 aliphatic rings. The molecule has 0 radical (unpaired) electrons. The Morgan fingerprint density at radius 1 is 1.29 bits per heavy atom. The molecule has 17 heavy (non-hydrogen) atoms. The summed E-state index contributed by atoms with van der Waals surface area (Å²) in [4.78, 5) is 13.3. The summed E-state index contributed by atoms with van der Waals surface area (Å²) in [5, 5.41) is 3.02. The van der Waals surface area contributed by atoms with Gasteiger partial charge in [-0.25, -0.2) is 0 Å². The van der Waals surface area contributed by atoms with E-state index in [4.69, 9.17) is 4.74 Å². The Kier molecular flexibility index (Phi) is 4.82. The van der Waals surface area contributed by atoms with Crippen molar-refractivity contribution in [1.82, 2.24) is 0 Å². The number of nitrogens with zero attached hydrogens (tertiary/aromatic N) is 1. The van der Waals surface area contributed by atoms with Crippen LogP contribution in [-0.2, 0) is 9.53 Å². The summed E-state index contributed by atoms with van der Waals surface area (Å²) in [6.07, 6.45) is -0.0691. The summed E-state index contributed by atoms with van der Waals surface area (Å²) >= 11 is 0. The maximum Gasteiger partial charge on any atom is 0.325 e. The van der Waals surface area contributed by atoms with Gasteiger partial charge in [0.25, 0.3) is 0 Å². The molecule has 1 aromatic rings. The molecule has 0 saturated carbocycles. The van der Waals surface area contributed by atoms with Gasteiger partial charge in [-0.2, -0.15) is 0 Å². The number of esters is 1. The lowest BCUT2D eigenvalue weighted by atomic mass is 10.2. The number of benzene rings is 1. The van der Waals surface area contributed by atoms with E-state index in [1.54, 1.807) is 0 Å². The minimum Gasteiger partial charge on any atom is -0.462 e. The average molecular weight is 236 g/mol. The van der Waals surface area contributed by atoms with Crippen LogP contribution in [0.25, 0.3) is 0 Å². The highest BCUT2D eigenvalue weighted by molar-refractivity contribution is 5.75. The third-order valence-corrected chi connectivity index (χ3v) is 2.19. The predicted molar refractivity (Wildman–Crippen MR) is 70.5 cm³/mol. The van der Waals surface area contributed by atoms with E-state index in [1.165, 1.54) is 0 Å². The van der Waals surface area contributed by atoms with Crippen LogP contribution in [0.15, 0.2) is 24.3 Å². The maximum atomic E-state index is 11.3. The van der Waals surface area contributed by atoms with Crippen LogP contribution in [0.4, 0.5) is 11.4 Å². The van der Waals surface area contributed by atoms with Crippen molar-refractivity contribution >= 4 is 17.3 Å². The molecule has 0 saturated heterocycles. The average Bonchev–Trinajstić information content (AvgIpc) is 2.26. The molecule has 4 heteroatoms. The molecule has 0 amide bonds. The Bertz CT molecular complexity index is 358. The van der Waals surface area contributed by atoms with Gasteiger partial charge in [0.15, 0.2) is 0 Å². The van der Waals surface area contributed by atoms with Crippen molar-refractivity contribution in [2.45, 2.75) is 20.0 Å². The number of nitrogens with one attached hydrogen (secondary N) is 1. The quantitative estimate of drug-likeness (QED) is 0.795. The Balaban J connectivity index is 2.44. The molecule has 94 valence electrons. The molecule has 0 fully saturated rings. The van der Waals surface area contributed by atoms with Crippen molar-refractivity contribution in [1.29, 1.82) is 0 Å². The van der Waals surface area contributed by atoms with Crippen LogP contribution in [0.5, 0.6) is 0 Å². The fourth-order valence-electron chi connectivity index (χ4n) is 1.36. The third kappa shape index (κ3) is 4.76. The number of rotatable bonds is 5. The van der Waals surface area contributed by atoms with Gasteiger partial charge in [-0.3, -0.25) is 4.79 Å². The third-order valence-electron chi connectivity index (χ3n) is 2.19. The van der Waals surface area contributed by atoms with Crippen LogP contribution < -0.4 is 10.2 Å². The SMILES string of the molecule is CC(C)OC(=O)CNc1ccc(N(C)C)cc1. The molecule has 1 aromatic carbocycles. The highest BCUT2D eigenvalue weighted by Gasteiger charge is 2.04. The Hall–Kier alpha value is -1.71. The molecule has 0 aromatic heterocycles. The van der Waals surface area contributed by atoms with Gasteiger partial charge in [-0.1, -0.05) is 0 Å². The second kappa shape index (κ2) is 6.13. The van der Waals surface area contributed by atoms with E-state index in [0.717, 1.165) is 11.4 Å². The molecule has 4 nitrogen and oxygen atoms in total. The van der Waals surface area contributed by atoms with Gasteiger partial charge in [0.2, 0.25) is 0 Å². The molecule has 0 atom stereocenters. The van der Waals surface area contributed by atoms with Crippen LogP contribution in [-0.4, -0.2) is 32.7 Å². The van der Waals surface area contributed by atoms with E-state index in [-0.39, 0.29) is 18.6 Å². The normalized spacial score (nSPS) is 10.2. The molecule has 0 aliphatic carbocycles. The monoisotopic (exact) mass is 236 g/mol. The van der Waals surface area contributed by atoms with Crippen molar-refractivity contribution in [2.24, 2.45) is 0 Å². The molecule has 1 rings (SSSR count). The van der Waals surface area contributed by atoms with Crippen molar-refractivity contribution < 1.29 is 9.53 Å². The van der Waals surface area contributed by atoms with Crippen molar-refractivity contribution in [2.75, 3.05) is 30.9 Å². The van der Waals surface area contributed by atoms with Gasteiger partial charge < -0.3 is 15.0 Å². The van der Waals surface area contributed by atoms with Crippen LogP contribution >= 0.6 is 0 Å². The first kappa shape index (κ1) is 13.4. The van der Waals surface area contributed by atoms with E-state index in [0.29, 0.717) is 0 Å². The first-order valence-electron chi connectivity index (χ1n) is 5.70. The molecule has 0 unspecified atom stereocenters. The smallest absolute Gasteiger partial charge is 0.325 e. The second-order valence-electron chi connectivity index (χ2n) is 4.33. The molecular formula is C13H20N2O2. The Morgan fingerprint density at radius 3 is 2.35 bits per heavy atom. The second-order valence-corrected chi connectivity index (χ2v) is 4.33. The van der Waals surface area contributed by atoms with Crippen molar-refractivity contribution in [3.63, 3.8) is 0 Å². The zero-order chi connectivity index (χ0) is 12.8. The fraction of sp³-hybridized carbons (Fsp3) is 0.462. The summed E-state index contributed by atoms with van der Waals surface area (Å²) in [6, 6.07) is 7.88. The van der Waals surface area contributed by atoms with Crippen molar-refractivity contribution in [3.05, 3.63) is 24.3 Å². The lowest BCUT2D eigenvalue weighted by molar-refractivity contribution is -0.145. The van der Waals surface area contributed by atoms with Crippen LogP contribution in [0.2, 0.25) is 0 Å². The molecule has 0 aliphatic heterocycles. The van der Waals surface area contributed by atoms with E-state index in [1.807, 2.05) is 57.1 Å². The Labute approximate surface area is 103 Å². The van der Waals surface area contributed by atoms with Crippen LogP contribution in [0.1, 0.15) is 13.8 Å². The van der Waals surface area contributed by atoms with E-state index in [2.05, 4.69) is 5.32 Å². The zero-order valence-corrected chi connectivity index (χ0v) is 10.9. The summed E-state index contributed by atoms with van der Waals surface area (Å²) in [6.45, 7) is 3.87. The van der Waals surface area contributed by atoms with Crippen LogP contribution in [0, 0.1) is 0 Å². The predicted octanol–water partition coefficient (Wildman–Crippen LogP) is 2.12. The number of hydrogen-bond donors (Lipinski definition) is 1. The molecular weight excluding hydrogens is 216 g/mol. The van der Waals surface area contributed by atoms with Crippen LogP contribution in [0.3, 0.4) is 0 Å². The summed E-state index contributed by atoms with van der Waals surface area (Å²) in [7, 11) is 3.98. The standard InChI is InChI=1S/C13H20N2O2/c1-10(2)17-13(16)9-14-11-5-7-12(8-6-11)15(3)4/h5-8,10,14H,9H2,1-4H3. The number of carbonyl (C=O) groups excluding carboxylic acids is 1. The van der Waals surface area contributed by atoms with E-state index >= 15 is 0 Å². The zero-order valence-electron chi connectivity index (χ0n) is 10.9. The van der Waals surface area contributed by atoms with E-state index < -0.39 is 0 Å². The Morgan fingerprint density at radius 2 is 1.88 bits per heavy atom. The minimum absolute atomic E-state index is 0.0691. The number of anilines is 2. The van der Waals surface area contributed by atoms with Gasteiger partial charge in [0.05, 0.1) is 6.10 Å². The van der Waals surface area contributed by atoms with Gasteiger partial charge in [-0.15, -0.1) is 0 Å². The minimum atomic E-state index is -0.239. The molecule has 0 bridgehead atoms. The topological polar surface area (TPSA) is 41.6 Å². The van der Waals surface area contributed by atoms with E-state index in [9.17, 15) is 4.79 Å². The maximum absolute atomic E-state index is 11.3. The lowest BCUT2D eigenvalue weighted by Crippen LogP contribution is -2.20. The van der Waals surface area contributed by atoms with Gasteiger partial charge >= 0.3 is 5.97 Å². The molecule has 0 heterocycles. The highest BCUT2D eigenvalue weighted by atomic mass is 16.5. The first-order valence-corrected chi connectivity index (χ1v) is 5.70. The lowest BCUT2D eigenvalue weighted by Gasteiger charge is -2.13. The first-order chi connectivity index (χ1) is 7.99. The van der Waals surface area contributed by atoms with Gasteiger partial charge in [0, 0.05) is 25.5 Å². The number of ether oxygens (including phenoxy) is 1. The largest absolute Gasteiger partial charge is 0.462 e. The summed E-state index contributed by atoms with van der Waals surface area (Å²) in [5.74, 6) is -0.239. The van der Waals surface area contributed by atoms with Crippen molar-refractivity contribution in [3.8, 4) is 0 Å². The summed E-state index contributed by atoms with van der Waals surface area (Å²) in [5.41, 5.74) is 2.04. The number of carbonyl (C=O) groups is 1. The number of hydrogen-bond acceptors (Lipinski definition) is 4. The fourth-order valence-corrected chi connectivity index (χ4v) is 1.36.